The van der Waals surface area contributed by atoms with E-state index in [1.54, 1.807) is 18.3 Å². The molecule has 0 bridgehead atoms. The molecular weight excluding hydrogens is 260 g/mol. The van der Waals surface area contributed by atoms with Crippen LogP contribution in [0.2, 0.25) is 5.02 Å². The van der Waals surface area contributed by atoms with Gasteiger partial charge >= 0.3 is 0 Å². The highest BCUT2D eigenvalue weighted by molar-refractivity contribution is 6.33. The quantitative estimate of drug-likeness (QED) is 0.909. The Kier molecular flexibility index (Phi) is 4.43. The van der Waals surface area contributed by atoms with E-state index >= 15 is 0 Å². The van der Waals surface area contributed by atoms with Crippen molar-refractivity contribution in [2.45, 2.75) is 26.4 Å². The fraction of sp³-hybridized carbons (Fsp3) is 0.286. The lowest BCUT2D eigenvalue weighted by atomic mass is 10.2. The second-order valence-corrected chi connectivity index (χ2v) is 4.61. The summed E-state index contributed by atoms with van der Waals surface area (Å²) in [7, 11) is 0. The van der Waals surface area contributed by atoms with Gasteiger partial charge in [0.25, 0.3) is 0 Å². The van der Waals surface area contributed by atoms with Crippen LogP contribution >= 0.6 is 11.6 Å². The fourth-order valence-electron chi connectivity index (χ4n) is 1.84. The van der Waals surface area contributed by atoms with Crippen LogP contribution in [0.15, 0.2) is 30.5 Å². The Labute approximate surface area is 117 Å². The van der Waals surface area contributed by atoms with Gasteiger partial charge in [0.15, 0.2) is 0 Å². The van der Waals surface area contributed by atoms with E-state index in [9.17, 15) is 0 Å². The number of rotatable bonds is 5. The number of nitriles is 1. The van der Waals surface area contributed by atoms with Crippen molar-refractivity contribution < 1.29 is 0 Å². The van der Waals surface area contributed by atoms with Crippen LogP contribution in [-0.2, 0) is 13.1 Å². The molecule has 0 fully saturated rings. The molecule has 2 rings (SSSR count). The molecule has 1 N–H and O–H groups in total. The predicted molar refractivity (Wildman–Crippen MR) is 76.0 cm³/mol. The molecule has 0 saturated carbocycles. The second-order valence-electron chi connectivity index (χ2n) is 4.21. The summed E-state index contributed by atoms with van der Waals surface area (Å²) in [5.41, 5.74) is 2.50. The molecule has 5 heteroatoms. The van der Waals surface area contributed by atoms with Crippen LogP contribution in [0.25, 0.3) is 0 Å². The van der Waals surface area contributed by atoms with Crippen LogP contribution in [-0.4, -0.2) is 9.78 Å². The molecule has 0 saturated heterocycles. The van der Waals surface area contributed by atoms with Gasteiger partial charge in [0.1, 0.15) is 0 Å². The van der Waals surface area contributed by atoms with Gasteiger partial charge in [-0.3, -0.25) is 4.68 Å². The summed E-state index contributed by atoms with van der Waals surface area (Å²) in [6.45, 7) is 3.69. The number of hydrogen-bond acceptors (Lipinski definition) is 3. The van der Waals surface area contributed by atoms with E-state index in [0.717, 1.165) is 24.3 Å². The first-order chi connectivity index (χ1) is 9.24. The molecule has 2 aromatic rings. The second kappa shape index (κ2) is 6.26. The van der Waals surface area contributed by atoms with Crippen molar-refractivity contribution in [1.29, 1.82) is 5.26 Å². The van der Waals surface area contributed by atoms with Gasteiger partial charge in [-0.1, -0.05) is 18.5 Å². The van der Waals surface area contributed by atoms with E-state index < -0.39 is 0 Å². The first kappa shape index (κ1) is 13.4. The molecule has 1 aromatic heterocycles. The summed E-state index contributed by atoms with van der Waals surface area (Å²) in [5, 5.41) is 16.9. The number of aryl methyl sites for hydroxylation is 1. The Bertz CT molecular complexity index is 598. The molecular formula is C14H15ClN4. The zero-order valence-corrected chi connectivity index (χ0v) is 11.5. The number of benzene rings is 1. The van der Waals surface area contributed by atoms with Crippen LogP contribution in [0.1, 0.15) is 24.6 Å². The van der Waals surface area contributed by atoms with Crippen LogP contribution in [0.5, 0.6) is 0 Å². The number of hydrogen-bond donors (Lipinski definition) is 1. The summed E-state index contributed by atoms with van der Waals surface area (Å²) < 4.78 is 1.98. The van der Waals surface area contributed by atoms with Crippen LogP contribution < -0.4 is 5.32 Å². The smallest absolute Gasteiger partial charge is 0.0992 e. The van der Waals surface area contributed by atoms with E-state index in [-0.39, 0.29) is 0 Å². The molecule has 0 aliphatic rings. The maximum atomic E-state index is 8.79. The third-order valence-electron chi connectivity index (χ3n) is 2.80. The molecule has 0 unspecified atom stereocenters. The third-order valence-corrected chi connectivity index (χ3v) is 3.11. The van der Waals surface area contributed by atoms with Crippen molar-refractivity contribution in [3.05, 3.63) is 46.7 Å². The van der Waals surface area contributed by atoms with Crippen molar-refractivity contribution in [1.82, 2.24) is 9.78 Å². The minimum Gasteiger partial charge on any atom is -0.378 e. The van der Waals surface area contributed by atoms with E-state index in [1.807, 2.05) is 16.8 Å². The highest BCUT2D eigenvalue weighted by Crippen LogP contribution is 2.23. The minimum atomic E-state index is 0.556. The molecule has 0 amide bonds. The molecule has 0 radical (unpaired) electrons. The summed E-state index contributed by atoms with van der Waals surface area (Å²) in [4.78, 5) is 0. The topological polar surface area (TPSA) is 53.6 Å². The number of anilines is 1. The molecule has 98 valence electrons. The van der Waals surface area contributed by atoms with Gasteiger partial charge in [0, 0.05) is 12.7 Å². The standard InChI is InChI=1S/C14H15ClN4/c1-2-7-19-12(5-6-18-19)10-17-14-4-3-11(9-16)8-13(14)15/h3-6,8,17H,2,7,10H2,1H3. The first-order valence-electron chi connectivity index (χ1n) is 6.18. The first-order valence-corrected chi connectivity index (χ1v) is 6.56. The van der Waals surface area contributed by atoms with Crippen molar-refractivity contribution in [2.24, 2.45) is 0 Å². The zero-order valence-electron chi connectivity index (χ0n) is 10.7. The van der Waals surface area contributed by atoms with Gasteiger partial charge in [0.2, 0.25) is 0 Å². The molecule has 0 atom stereocenters. The van der Waals surface area contributed by atoms with Crippen LogP contribution in [0, 0.1) is 11.3 Å². The van der Waals surface area contributed by atoms with Crippen molar-refractivity contribution in [3.8, 4) is 6.07 Å². The molecule has 4 nitrogen and oxygen atoms in total. The molecule has 1 aromatic carbocycles. The SMILES string of the molecule is CCCn1nccc1CNc1ccc(C#N)cc1Cl. The maximum Gasteiger partial charge on any atom is 0.0992 e. The molecule has 0 spiro atoms. The summed E-state index contributed by atoms with van der Waals surface area (Å²) in [6.07, 6.45) is 2.85. The largest absolute Gasteiger partial charge is 0.378 e. The Morgan fingerprint density at radius 2 is 2.26 bits per heavy atom. The third kappa shape index (κ3) is 3.27. The number of halogens is 1. The molecule has 1 heterocycles. The summed E-state index contributed by atoms with van der Waals surface area (Å²) in [6, 6.07) is 9.28. The molecule has 0 aliphatic carbocycles. The summed E-state index contributed by atoms with van der Waals surface area (Å²) >= 11 is 6.11. The van der Waals surface area contributed by atoms with Gasteiger partial charge < -0.3 is 5.32 Å². The highest BCUT2D eigenvalue weighted by atomic mass is 35.5. The normalized spacial score (nSPS) is 10.2. The predicted octanol–water partition coefficient (Wildman–Crippen LogP) is 3.43. The Morgan fingerprint density at radius 1 is 1.42 bits per heavy atom. The van der Waals surface area contributed by atoms with Gasteiger partial charge in [-0.15, -0.1) is 0 Å². The maximum absolute atomic E-state index is 8.79. The van der Waals surface area contributed by atoms with Crippen LogP contribution in [0.3, 0.4) is 0 Å². The average molecular weight is 275 g/mol. The minimum absolute atomic E-state index is 0.556. The highest BCUT2D eigenvalue weighted by Gasteiger charge is 2.04. The van der Waals surface area contributed by atoms with Crippen molar-refractivity contribution in [3.63, 3.8) is 0 Å². The average Bonchev–Trinajstić information content (AvgIpc) is 2.85. The number of nitrogens with zero attached hydrogens (tertiary/aromatic N) is 3. The van der Waals surface area contributed by atoms with Gasteiger partial charge in [-0.05, 0) is 30.7 Å². The van der Waals surface area contributed by atoms with E-state index in [4.69, 9.17) is 16.9 Å². The van der Waals surface area contributed by atoms with Crippen LogP contribution in [0.4, 0.5) is 5.69 Å². The lowest BCUT2D eigenvalue weighted by Gasteiger charge is -2.10. The van der Waals surface area contributed by atoms with Gasteiger partial charge in [-0.2, -0.15) is 10.4 Å². The lowest BCUT2D eigenvalue weighted by molar-refractivity contribution is 0.578. The number of aromatic nitrogens is 2. The van der Waals surface area contributed by atoms with Gasteiger partial charge in [0.05, 0.1) is 34.6 Å². The zero-order chi connectivity index (χ0) is 13.7. The molecule has 0 aliphatic heterocycles. The lowest BCUT2D eigenvalue weighted by Crippen LogP contribution is -2.09. The van der Waals surface area contributed by atoms with E-state index in [1.165, 1.54) is 0 Å². The molecule has 19 heavy (non-hydrogen) atoms. The Morgan fingerprint density at radius 3 is 2.95 bits per heavy atom. The van der Waals surface area contributed by atoms with Crippen molar-refractivity contribution >= 4 is 17.3 Å². The fourth-order valence-corrected chi connectivity index (χ4v) is 2.08. The van der Waals surface area contributed by atoms with Gasteiger partial charge in [-0.25, -0.2) is 0 Å². The van der Waals surface area contributed by atoms with E-state index in [2.05, 4.69) is 23.4 Å². The monoisotopic (exact) mass is 274 g/mol. The Hall–Kier alpha value is -1.99. The Balaban J connectivity index is 2.06. The summed E-state index contributed by atoms with van der Waals surface area (Å²) in [5.74, 6) is 0. The number of nitrogens with one attached hydrogen (secondary N) is 1. The van der Waals surface area contributed by atoms with E-state index in [0.29, 0.717) is 17.1 Å². The van der Waals surface area contributed by atoms with Crippen molar-refractivity contribution in [2.75, 3.05) is 5.32 Å².